The van der Waals surface area contributed by atoms with Crippen LogP contribution in [0, 0.1) is 0 Å². The third-order valence-corrected chi connectivity index (χ3v) is 5.59. The van der Waals surface area contributed by atoms with Crippen molar-refractivity contribution in [2.24, 2.45) is 0 Å². The number of hydrogen-bond donors (Lipinski definition) is 4. The van der Waals surface area contributed by atoms with Crippen molar-refractivity contribution in [3.8, 4) is 5.75 Å². The Bertz CT molecular complexity index is 1120. The molecule has 0 aliphatic heterocycles. The molecule has 0 radical (unpaired) electrons. The molecule has 5 N–H and O–H groups in total. The zero-order chi connectivity index (χ0) is 22.7. The first-order valence-electron chi connectivity index (χ1n) is 10.8. The number of carbonyl (C=O) groups excluding carboxylic acids is 1. The zero-order valence-electron chi connectivity index (χ0n) is 18.4. The number of nitrogens with two attached hydrogens (primary N) is 1. The second kappa shape index (κ2) is 9.28. The van der Waals surface area contributed by atoms with E-state index in [1.807, 2.05) is 32.2 Å². The van der Waals surface area contributed by atoms with Crippen molar-refractivity contribution < 1.29 is 9.53 Å². The van der Waals surface area contributed by atoms with Gasteiger partial charge in [0.15, 0.2) is 0 Å². The number of nitrogen functional groups attached to an aromatic ring is 1. The average molecular weight is 432 g/mol. The van der Waals surface area contributed by atoms with E-state index in [0.717, 1.165) is 30.6 Å². The van der Waals surface area contributed by atoms with Crippen molar-refractivity contribution in [3.63, 3.8) is 0 Å². The summed E-state index contributed by atoms with van der Waals surface area (Å²) in [6, 6.07) is 11.5. The molecular weight excluding hydrogens is 402 g/mol. The van der Waals surface area contributed by atoms with Gasteiger partial charge in [-0.2, -0.15) is 0 Å². The van der Waals surface area contributed by atoms with Crippen LogP contribution in [0.4, 0.5) is 5.69 Å². The lowest BCUT2D eigenvalue weighted by Crippen LogP contribution is -2.22. The summed E-state index contributed by atoms with van der Waals surface area (Å²) >= 11 is 0. The number of ether oxygens (including phenoxy) is 1. The molecule has 1 aromatic heterocycles. The quantitative estimate of drug-likeness (QED) is 0.404. The zero-order valence-corrected chi connectivity index (χ0v) is 18.4. The molecule has 1 aliphatic rings. The average Bonchev–Trinajstić information content (AvgIpc) is 3.42. The number of H-pyrrole nitrogens is 1. The number of amides is 1. The number of carbonyl (C=O) groups is 1. The lowest BCUT2D eigenvalue weighted by molar-refractivity contribution is 0.0974. The highest BCUT2D eigenvalue weighted by Crippen LogP contribution is 2.35. The summed E-state index contributed by atoms with van der Waals surface area (Å²) in [7, 11) is 0. The van der Waals surface area contributed by atoms with Crippen LogP contribution in [-0.4, -0.2) is 22.0 Å². The highest BCUT2D eigenvalue weighted by molar-refractivity contribution is 6.00. The summed E-state index contributed by atoms with van der Waals surface area (Å²) in [5.74, 6) is 0.326. The molecule has 7 heteroatoms. The molecule has 3 aromatic rings. The minimum atomic E-state index is -0.248. The summed E-state index contributed by atoms with van der Waals surface area (Å²) in [4.78, 5) is 20.0. The van der Waals surface area contributed by atoms with Crippen LogP contribution in [0.1, 0.15) is 59.1 Å². The second-order valence-electron chi connectivity index (χ2n) is 8.27. The largest absolute Gasteiger partial charge is 0.489 e. The van der Waals surface area contributed by atoms with E-state index in [1.54, 1.807) is 24.5 Å². The molecule has 0 saturated heterocycles. The number of aromatic nitrogens is 2. The third-order valence-electron chi connectivity index (χ3n) is 5.59. The lowest BCUT2D eigenvalue weighted by atomic mass is 10.00. The monoisotopic (exact) mass is 431 g/mol. The fourth-order valence-electron chi connectivity index (χ4n) is 4.09. The standard InChI is InChI=1S/C25H29N5O2/c1-15(2)32-24-10-7-17(11-22(24)26)25(31)30-16(3)19-5-4-6-21-20(19)8-9-23(21)28-13-18-12-27-14-29-18/h4-7,10-12,14-15,23,28H,3,8-9,13,26H2,1-2H3,(H,27,29)(H,30,31)/t23-/m0/s1. The molecule has 32 heavy (non-hydrogen) atoms. The van der Waals surface area contributed by atoms with Gasteiger partial charge in [0.05, 0.1) is 18.1 Å². The fourth-order valence-corrected chi connectivity index (χ4v) is 4.09. The Labute approximate surface area is 188 Å². The predicted molar refractivity (Wildman–Crippen MR) is 126 cm³/mol. The number of rotatable bonds is 8. The van der Waals surface area contributed by atoms with Gasteiger partial charge in [-0.3, -0.25) is 4.79 Å². The van der Waals surface area contributed by atoms with Crippen LogP contribution in [0.3, 0.4) is 0 Å². The number of nitrogens with one attached hydrogen (secondary N) is 3. The Morgan fingerprint density at radius 1 is 1.34 bits per heavy atom. The van der Waals surface area contributed by atoms with Crippen molar-refractivity contribution >= 4 is 17.3 Å². The molecular formula is C25H29N5O2. The first kappa shape index (κ1) is 21.6. The van der Waals surface area contributed by atoms with Gasteiger partial charge in [0.25, 0.3) is 5.91 Å². The summed E-state index contributed by atoms with van der Waals surface area (Å²) in [5.41, 5.74) is 12.0. The van der Waals surface area contributed by atoms with Gasteiger partial charge < -0.3 is 26.1 Å². The maximum absolute atomic E-state index is 12.8. The first-order chi connectivity index (χ1) is 15.4. The van der Waals surface area contributed by atoms with Crippen molar-refractivity contribution in [3.05, 3.63) is 83.4 Å². The summed E-state index contributed by atoms with van der Waals surface area (Å²) < 4.78 is 5.65. The molecule has 1 heterocycles. The van der Waals surface area contributed by atoms with Gasteiger partial charge in [-0.15, -0.1) is 0 Å². The topological polar surface area (TPSA) is 105 Å². The van der Waals surface area contributed by atoms with Crippen LogP contribution >= 0.6 is 0 Å². The SMILES string of the molecule is C=C(NC(=O)c1ccc(OC(C)C)c(N)c1)c1cccc2c1CC[C@@H]2NCc1cnc[nH]1. The van der Waals surface area contributed by atoms with E-state index in [-0.39, 0.29) is 18.1 Å². The molecule has 1 atom stereocenters. The van der Waals surface area contributed by atoms with Gasteiger partial charge in [-0.25, -0.2) is 4.98 Å². The van der Waals surface area contributed by atoms with E-state index in [1.165, 1.54) is 11.1 Å². The Morgan fingerprint density at radius 2 is 2.19 bits per heavy atom. The number of anilines is 1. The van der Waals surface area contributed by atoms with Gasteiger partial charge in [-0.05, 0) is 56.0 Å². The Hall–Kier alpha value is -3.58. The minimum absolute atomic E-state index is 0.00901. The fraction of sp³-hybridized carbons (Fsp3) is 0.280. The van der Waals surface area contributed by atoms with E-state index < -0.39 is 0 Å². The Morgan fingerprint density at radius 3 is 2.91 bits per heavy atom. The Kier molecular flexibility index (Phi) is 6.28. The highest BCUT2D eigenvalue weighted by Gasteiger charge is 2.25. The molecule has 0 bridgehead atoms. The van der Waals surface area contributed by atoms with Crippen LogP contribution in [0.5, 0.6) is 5.75 Å². The van der Waals surface area contributed by atoms with Gasteiger partial charge in [0.2, 0.25) is 0 Å². The number of hydrogen-bond acceptors (Lipinski definition) is 5. The maximum Gasteiger partial charge on any atom is 0.255 e. The van der Waals surface area contributed by atoms with E-state index in [9.17, 15) is 4.79 Å². The van der Waals surface area contributed by atoms with E-state index >= 15 is 0 Å². The number of nitrogens with zero attached hydrogens (tertiary/aromatic N) is 1. The van der Waals surface area contributed by atoms with Gasteiger partial charge >= 0.3 is 0 Å². The first-order valence-corrected chi connectivity index (χ1v) is 10.8. The molecule has 0 saturated carbocycles. The number of fused-ring (bicyclic) bond motifs is 1. The molecule has 1 amide bonds. The number of imidazole rings is 1. The van der Waals surface area contributed by atoms with Crippen molar-refractivity contribution in [1.29, 1.82) is 0 Å². The highest BCUT2D eigenvalue weighted by atomic mass is 16.5. The van der Waals surface area contributed by atoms with Gasteiger partial charge in [0, 0.05) is 41.3 Å². The van der Waals surface area contributed by atoms with E-state index in [4.69, 9.17) is 10.5 Å². The van der Waals surface area contributed by atoms with Gasteiger partial charge in [-0.1, -0.05) is 24.8 Å². The molecule has 166 valence electrons. The van der Waals surface area contributed by atoms with Gasteiger partial charge in [0.1, 0.15) is 5.75 Å². The van der Waals surface area contributed by atoms with E-state index in [0.29, 0.717) is 22.7 Å². The molecule has 1 aliphatic carbocycles. The summed E-state index contributed by atoms with van der Waals surface area (Å²) in [5, 5.41) is 6.52. The van der Waals surface area contributed by atoms with Crippen molar-refractivity contribution in [2.45, 2.75) is 45.4 Å². The smallest absolute Gasteiger partial charge is 0.255 e. The predicted octanol–water partition coefficient (Wildman–Crippen LogP) is 3.96. The molecule has 7 nitrogen and oxygen atoms in total. The minimum Gasteiger partial charge on any atom is -0.489 e. The summed E-state index contributed by atoms with van der Waals surface area (Å²) in [6.45, 7) is 8.72. The molecule has 0 unspecified atom stereocenters. The molecule has 0 spiro atoms. The third kappa shape index (κ3) is 4.68. The summed E-state index contributed by atoms with van der Waals surface area (Å²) in [6.07, 6.45) is 5.44. The molecule has 4 rings (SSSR count). The number of aromatic amines is 1. The normalized spacial score (nSPS) is 14.9. The van der Waals surface area contributed by atoms with Crippen LogP contribution in [-0.2, 0) is 13.0 Å². The number of benzene rings is 2. The lowest BCUT2D eigenvalue weighted by Gasteiger charge is -2.16. The van der Waals surface area contributed by atoms with Crippen LogP contribution in [0.2, 0.25) is 0 Å². The molecule has 0 fully saturated rings. The van der Waals surface area contributed by atoms with Crippen molar-refractivity contribution in [2.75, 3.05) is 5.73 Å². The second-order valence-corrected chi connectivity index (χ2v) is 8.27. The molecule has 2 aromatic carbocycles. The van der Waals surface area contributed by atoms with E-state index in [2.05, 4.69) is 33.2 Å². The van der Waals surface area contributed by atoms with Crippen LogP contribution in [0.25, 0.3) is 5.70 Å². The maximum atomic E-state index is 12.8. The van der Waals surface area contributed by atoms with Crippen LogP contribution in [0.15, 0.2) is 55.5 Å². The van der Waals surface area contributed by atoms with Crippen LogP contribution < -0.4 is 21.1 Å². The van der Waals surface area contributed by atoms with Crippen molar-refractivity contribution in [1.82, 2.24) is 20.6 Å². The Balaban J connectivity index is 1.45.